The summed E-state index contributed by atoms with van der Waals surface area (Å²) in [6, 6.07) is 12.3. The molecular weight excluding hydrogens is 323 g/mol. The third kappa shape index (κ3) is 3.36. The summed E-state index contributed by atoms with van der Waals surface area (Å²) >= 11 is 0. The maximum absolute atomic E-state index is 13.1. The first-order chi connectivity index (χ1) is 12.2. The molecule has 3 aromatic rings. The standard InChI is InChI=1S/C19H19FN2O3/c20-15-5-2-13(3-6-15)14-4-7-18-17(10-14)22(19(23)25-18)9-1-8-21-16-11-24-12-16/h2-7,10,16,21H,1,8-9,11-12H2. The molecule has 0 amide bonds. The average molecular weight is 342 g/mol. The summed E-state index contributed by atoms with van der Waals surface area (Å²) in [5.74, 6) is -0.618. The fourth-order valence-electron chi connectivity index (χ4n) is 2.99. The van der Waals surface area contributed by atoms with Gasteiger partial charge in [-0.3, -0.25) is 4.57 Å². The van der Waals surface area contributed by atoms with Gasteiger partial charge in [-0.1, -0.05) is 18.2 Å². The van der Waals surface area contributed by atoms with Crippen LogP contribution in [-0.4, -0.2) is 30.4 Å². The van der Waals surface area contributed by atoms with Crippen LogP contribution in [0.2, 0.25) is 0 Å². The summed E-state index contributed by atoms with van der Waals surface area (Å²) in [6.45, 7) is 2.93. The lowest BCUT2D eigenvalue weighted by Gasteiger charge is -2.26. The minimum Gasteiger partial charge on any atom is -0.408 e. The molecule has 1 aliphatic heterocycles. The zero-order valence-corrected chi connectivity index (χ0v) is 13.7. The predicted molar refractivity (Wildman–Crippen MR) is 93.1 cm³/mol. The van der Waals surface area contributed by atoms with Gasteiger partial charge in [0.25, 0.3) is 0 Å². The summed E-state index contributed by atoms with van der Waals surface area (Å²) < 4.78 is 25.2. The van der Waals surface area contributed by atoms with Gasteiger partial charge in [-0.05, 0) is 48.4 Å². The number of fused-ring (bicyclic) bond motifs is 1. The fraction of sp³-hybridized carbons (Fsp3) is 0.316. The number of hydrogen-bond acceptors (Lipinski definition) is 4. The normalized spacial score (nSPS) is 14.8. The number of hydrogen-bond donors (Lipinski definition) is 1. The maximum atomic E-state index is 13.1. The fourth-order valence-corrected chi connectivity index (χ4v) is 2.99. The molecule has 5 nitrogen and oxygen atoms in total. The topological polar surface area (TPSA) is 56.4 Å². The van der Waals surface area contributed by atoms with Gasteiger partial charge in [-0.15, -0.1) is 0 Å². The van der Waals surface area contributed by atoms with E-state index in [9.17, 15) is 9.18 Å². The van der Waals surface area contributed by atoms with E-state index in [2.05, 4.69) is 5.32 Å². The Bertz CT molecular complexity index is 926. The van der Waals surface area contributed by atoms with E-state index in [0.29, 0.717) is 18.2 Å². The number of halogens is 1. The van der Waals surface area contributed by atoms with E-state index in [1.165, 1.54) is 12.1 Å². The minimum absolute atomic E-state index is 0.269. The first-order valence-corrected chi connectivity index (χ1v) is 8.41. The lowest BCUT2D eigenvalue weighted by molar-refractivity contribution is -0.00501. The van der Waals surface area contributed by atoms with Crippen molar-refractivity contribution in [2.24, 2.45) is 0 Å². The molecule has 0 atom stereocenters. The monoisotopic (exact) mass is 342 g/mol. The van der Waals surface area contributed by atoms with Crippen molar-refractivity contribution in [3.8, 4) is 11.1 Å². The van der Waals surface area contributed by atoms with Crippen LogP contribution in [0.3, 0.4) is 0 Å². The molecule has 0 unspecified atom stereocenters. The van der Waals surface area contributed by atoms with Crippen LogP contribution in [0.5, 0.6) is 0 Å². The Morgan fingerprint density at radius 2 is 1.88 bits per heavy atom. The van der Waals surface area contributed by atoms with Crippen LogP contribution in [0, 0.1) is 5.82 Å². The summed E-state index contributed by atoms with van der Waals surface area (Å²) in [4.78, 5) is 12.1. The highest BCUT2D eigenvalue weighted by Gasteiger charge is 2.17. The van der Waals surface area contributed by atoms with E-state index in [4.69, 9.17) is 9.15 Å². The number of oxazole rings is 1. The van der Waals surface area contributed by atoms with E-state index in [1.807, 2.05) is 12.1 Å². The molecule has 0 spiro atoms. The van der Waals surface area contributed by atoms with Crippen molar-refractivity contribution in [3.63, 3.8) is 0 Å². The Kier molecular flexibility index (Phi) is 4.38. The highest BCUT2D eigenvalue weighted by Crippen LogP contribution is 2.24. The van der Waals surface area contributed by atoms with Gasteiger partial charge >= 0.3 is 5.76 Å². The van der Waals surface area contributed by atoms with Gasteiger partial charge in [0.2, 0.25) is 0 Å². The Morgan fingerprint density at radius 1 is 1.12 bits per heavy atom. The number of aromatic nitrogens is 1. The van der Waals surface area contributed by atoms with Gasteiger partial charge in [0, 0.05) is 6.54 Å². The summed E-state index contributed by atoms with van der Waals surface area (Å²) in [5, 5.41) is 3.39. The molecule has 0 bridgehead atoms. The number of aryl methyl sites for hydroxylation is 1. The Hall–Kier alpha value is -2.44. The Morgan fingerprint density at radius 3 is 2.60 bits per heavy atom. The second-order valence-corrected chi connectivity index (χ2v) is 6.25. The number of nitrogens with one attached hydrogen (secondary N) is 1. The minimum atomic E-state index is -0.349. The molecule has 6 heteroatoms. The second kappa shape index (κ2) is 6.82. The largest absolute Gasteiger partial charge is 0.419 e. The summed E-state index contributed by atoms with van der Waals surface area (Å²) in [5.41, 5.74) is 3.15. The van der Waals surface area contributed by atoms with E-state index >= 15 is 0 Å². The van der Waals surface area contributed by atoms with Crippen molar-refractivity contribution in [1.82, 2.24) is 9.88 Å². The van der Waals surface area contributed by atoms with Crippen LogP contribution in [0.1, 0.15) is 6.42 Å². The lowest BCUT2D eigenvalue weighted by atomic mass is 10.1. The molecule has 2 heterocycles. The molecule has 4 rings (SSSR count). The molecule has 1 saturated heterocycles. The van der Waals surface area contributed by atoms with E-state index in [1.54, 1.807) is 22.8 Å². The van der Waals surface area contributed by atoms with Gasteiger partial charge in [-0.2, -0.15) is 0 Å². The molecule has 1 aliphatic rings. The van der Waals surface area contributed by atoms with Crippen molar-refractivity contribution >= 4 is 11.1 Å². The maximum Gasteiger partial charge on any atom is 0.419 e. The molecule has 130 valence electrons. The van der Waals surface area contributed by atoms with Crippen molar-refractivity contribution < 1.29 is 13.5 Å². The van der Waals surface area contributed by atoms with Crippen LogP contribution in [0.15, 0.2) is 51.7 Å². The smallest absolute Gasteiger partial charge is 0.408 e. The Balaban J connectivity index is 1.55. The quantitative estimate of drug-likeness (QED) is 0.700. The van der Waals surface area contributed by atoms with Crippen molar-refractivity contribution in [2.45, 2.75) is 19.0 Å². The third-order valence-corrected chi connectivity index (χ3v) is 4.47. The van der Waals surface area contributed by atoms with Crippen LogP contribution < -0.4 is 11.1 Å². The number of benzene rings is 2. The molecule has 0 radical (unpaired) electrons. The molecule has 0 aliphatic carbocycles. The van der Waals surface area contributed by atoms with Crippen LogP contribution in [0.4, 0.5) is 4.39 Å². The number of ether oxygens (including phenoxy) is 1. The van der Waals surface area contributed by atoms with Gasteiger partial charge in [-0.25, -0.2) is 9.18 Å². The molecule has 1 fully saturated rings. The second-order valence-electron chi connectivity index (χ2n) is 6.25. The molecule has 1 N–H and O–H groups in total. The number of rotatable bonds is 6. The average Bonchev–Trinajstić information content (AvgIpc) is 2.88. The van der Waals surface area contributed by atoms with E-state index in [-0.39, 0.29) is 11.6 Å². The summed E-state index contributed by atoms with van der Waals surface area (Å²) in [6.07, 6.45) is 0.825. The first kappa shape index (κ1) is 16.1. The van der Waals surface area contributed by atoms with Crippen molar-refractivity contribution in [1.29, 1.82) is 0 Å². The molecule has 25 heavy (non-hydrogen) atoms. The zero-order chi connectivity index (χ0) is 17.2. The van der Waals surface area contributed by atoms with Crippen molar-refractivity contribution in [3.05, 3.63) is 58.8 Å². The zero-order valence-electron chi connectivity index (χ0n) is 13.7. The third-order valence-electron chi connectivity index (χ3n) is 4.47. The lowest BCUT2D eigenvalue weighted by Crippen LogP contribution is -2.46. The first-order valence-electron chi connectivity index (χ1n) is 8.41. The van der Waals surface area contributed by atoms with Gasteiger partial charge in [0.05, 0.1) is 24.8 Å². The van der Waals surface area contributed by atoms with Gasteiger partial charge in [0.15, 0.2) is 5.58 Å². The van der Waals surface area contributed by atoms with Crippen LogP contribution >= 0.6 is 0 Å². The molecular formula is C19H19FN2O3. The predicted octanol–water partition coefficient (Wildman–Crippen LogP) is 2.78. The highest BCUT2D eigenvalue weighted by atomic mass is 19.1. The number of nitrogens with zero attached hydrogens (tertiary/aromatic N) is 1. The summed E-state index contributed by atoms with van der Waals surface area (Å²) in [7, 11) is 0. The molecule has 1 aromatic heterocycles. The molecule has 2 aromatic carbocycles. The molecule has 0 saturated carbocycles. The highest BCUT2D eigenvalue weighted by molar-refractivity contribution is 5.80. The van der Waals surface area contributed by atoms with Gasteiger partial charge in [0.1, 0.15) is 5.82 Å². The SMILES string of the molecule is O=c1oc2ccc(-c3ccc(F)cc3)cc2n1CCCNC1COC1. The van der Waals surface area contributed by atoms with Crippen LogP contribution in [-0.2, 0) is 11.3 Å². The van der Waals surface area contributed by atoms with E-state index < -0.39 is 0 Å². The van der Waals surface area contributed by atoms with Crippen LogP contribution in [0.25, 0.3) is 22.2 Å². The van der Waals surface area contributed by atoms with Crippen molar-refractivity contribution in [2.75, 3.05) is 19.8 Å². The van der Waals surface area contributed by atoms with Gasteiger partial charge < -0.3 is 14.5 Å². The van der Waals surface area contributed by atoms with E-state index in [0.717, 1.165) is 42.8 Å². The Labute approximate surface area is 144 Å².